The number of aromatic nitrogens is 3. The summed E-state index contributed by atoms with van der Waals surface area (Å²) in [5.41, 5.74) is 0. The number of hydrogen-bond donors (Lipinski definition) is 1. The van der Waals surface area contributed by atoms with E-state index < -0.39 is 0 Å². The minimum absolute atomic E-state index is 0.587. The van der Waals surface area contributed by atoms with E-state index in [-0.39, 0.29) is 0 Å². The molecule has 18 heavy (non-hydrogen) atoms. The molecule has 1 N–H and O–H groups in total. The highest BCUT2D eigenvalue weighted by atomic mass is 32.2. The molecule has 0 unspecified atom stereocenters. The Morgan fingerprint density at radius 2 is 2.39 bits per heavy atom. The lowest BCUT2D eigenvalue weighted by Crippen LogP contribution is -2.02. The molecule has 7 heteroatoms. The van der Waals surface area contributed by atoms with Gasteiger partial charge in [0.1, 0.15) is 16.1 Å². The Morgan fingerprint density at radius 3 is 3.17 bits per heavy atom. The van der Waals surface area contributed by atoms with Gasteiger partial charge in [0.25, 0.3) is 5.22 Å². The van der Waals surface area contributed by atoms with Crippen molar-refractivity contribution in [2.75, 3.05) is 11.9 Å². The molecule has 0 saturated heterocycles. The van der Waals surface area contributed by atoms with Crippen molar-refractivity contribution in [1.29, 1.82) is 0 Å². The maximum absolute atomic E-state index is 5.24. The van der Waals surface area contributed by atoms with Gasteiger partial charge in [-0.05, 0) is 30.1 Å². The molecule has 0 amide bonds. The van der Waals surface area contributed by atoms with Crippen molar-refractivity contribution in [3.63, 3.8) is 0 Å². The van der Waals surface area contributed by atoms with E-state index in [0.29, 0.717) is 11.2 Å². The van der Waals surface area contributed by atoms with Crippen LogP contribution in [0.4, 0.5) is 5.95 Å². The fourth-order valence-corrected chi connectivity index (χ4v) is 3.10. The molecule has 0 saturated carbocycles. The average Bonchev–Trinajstić information content (AvgIpc) is 2.99. The molecule has 0 fully saturated rings. The lowest BCUT2D eigenvalue weighted by molar-refractivity contribution is 0.454. The Labute approximate surface area is 112 Å². The minimum atomic E-state index is 0.587. The van der Waals surface area contributed by atoms with E-state index in [1.165, 1.54) is 11.8 Å². The molecule has 5 nitrogen and oxygen atoms in total. The van der Waals surface area contributed by atoms with Gasteiger partial charge in [-0.3, -0.25) is 0 Å². The second-order valence-electron chi connectivity index (χ2n) is 3.42. The summed E-state index contributed by atoms with van der Waals surface area (Å²) in [6, 6.07) is 2.01. The van der Waals surface area contributed by atoms with Gasteiger partial charge in [0.05, 0.1) is 6.20 Å². The Bertz CT molecular complexity index is 650. The molecular formula is C11H10N4OS2. The van der Waals surface area contributed by atoms with Crippen molar-refractivity contribution in [2.24, 2.45) is 0 Å². The first-order chi connectivity index (χ1) is 8.86. The highest BCUT2D eigenvalue weighted by Crippen LogP contribution is 2.33. The van der Waals surface area contributed by atoms with Gasteiger partial charge in [-0.1, -0.05) is 0 Å². The van der Waals surface area contributed by atoms with Crippen LogP contribution in [-0.2, 0) is 0 Å². The van der Waals surface area contributed by atoms with Crippen LogP contribution in [0.3, 0.4) is 0 Å². The van der Waals surface area contributed by atoms with E-state index in [0.717, 1.165) is 21.8 Å². The molecule has 0 aliphatic rings. The highest BCUT2D eigenvalue weighted by Gasteiger charge is 2.12. The first kappa shape index (κ1) is 11.5. The molecule has 0 atom stereocenters. The number of nitrogens with zero attached hydrogens (tertiary/aromatic N) is 3. The first-order valence-corrected chi connectivity index (χ1v) is 7.13. The molecule has 0 bridgehead atoms. The predicted octanol–water partition coefficient (Wildman–Crippen LogP) is 3.26. The smallest absolute Gasteiger partial charge is 0.261 e. The van der Waals surface area contributed by atoms with Crippen molar-refractivity contribution in [2.45, 2.75) is 17.2 Å². The van der Waals surface area contributed by atoms with Gasteiger partial charge in [-0.2, -0.15) is 0 Å². The standard InChI is InChI=1S/C11H10N4OS2/c1-2-12-10-14-8-7(3-6-17-8)9(15-10)18-11-13-4-5-16-11/h3-6H,2H2,1H3,(H,12,14,15). The highest BCUT2D eigenvalue weighted by molar-refractivity contribution is 7.99. The summed E-state index contributed by atoms with van der Waals surface area (Å²) in [4.78, 5) is 14.0. The monoisotopic (exact) mass is 278 g/mol. The summed E-state index contributed by atoms with van der Waals surface area (Å²) < 4.78 is 5.24. The molecule has 3 aromatic rings. The predicted molar refractivity (Wildman–Crippen MR) is 72.2 cm³/mol. The van der Waals surface area contributed by atoms with Crippen LogP contribution in [0.15, 0.2) is 38.6 Å². The fraction of sp³-hybridized carbons (Fsp3) is 0.182. The second kappa shape index (κ2) is 4.95. The van der Waals surface area contributed by atoms with Crippen LogP contribution < -0.4 is 5.32 Å². The van der Waals surface area contributed by atoms with Gasteiger partial charge in [0.15, 0.2) is 0 Å². The van der Waals surface area contributed by atoms with Crippen LogP contribution in [0.5, 0.6) is 0 Å². The lowest BCUT2D eigenvalue weighted by atomic mass is 10.4. The summed E-state index contributed by atoms with van der Waals surface area (Å²) in [6.45, 7) is 2.81. The third kappa shape index (κ3) is 2.19. The average molecular weight is 278 g/mol. The van der Waals surface area contributed by atoms with E-state index in [1.54, 1.807) is 23.8 Å². The Kier molecular flexibility index (Phi) is 3.16. The van der Waals surface area contributed by atoms with Crippen LogP contribution in [0.25, 0.3) is 10.2 Å². The van der Waals surface area contributed by atoms with Crippen LogP contribution >= 0.6 is 23.1 Å². The largest absolute Gasteiger partial charge is 0.440 e. The summed E-state index contributed by atoms with van der Waals surface area (Å²) in [5, 5.41) is 7.62. The van der Waals surface area contributed by atoms with Crippen molar-refractivity contribution >= 4 is 39.3 Å². The van der Waals surface area contributed by atoms with Crippen LogP contribution in [-0.4, -0.2) is 21.5 Å². The maximum Gasteiger partial charge on any atom is 0.261 e. The number of oxazole rings is 1. The SMILES string of the molecule is CCNc1nc(Sc2ncco2)c2ccsc2n1. The molecule has 3 aromatic heterocycles. The fourth-order valence-electron chi connectivity index (χ4n) is 1.49. The van der Waals surface area contributed by atoms with Gasteiger partial charge in [-0.15, -0.1) is 11.3 Å². The van der Waals surface area contributed by atoms with Crippen molar-refractivity contribution in [3.8, 4) is 0 Å². The molecule has 0 aromatic carbocycles. The zero-order valence-corrected chi connectivity index (χ0v) is 11.2. The van der Waals surface area contributed by atoms with Crippen LogP contribution in [0.2, 0.25) is 0 Å². The van der Waals surface area contributed by atoms with Crippen LogP contribution in [0.1, 0.15) is 6.92 Å². The Hall–Kier alpha value is -1.60. The minimum Gasteiger partial charge on any atom is -0.440 e. The zero-order chi connectivity index (χ0) is 12.4. The molecule has 92 valence electrons. The molecule has 0 spiro atoms. The third-order valence-electron chi connectivity index (χ3n) is 2.22. The van der Waals surface area contributed by atoms with E-state index in [9.17, 15) is 0 Å². The third-order valence-corrected chi connectivity index (χ3v) is 3.91. The number of anilines is 1. The van der Waals surface area contributed by atoms with E-state index >= 15 is 0 Å². The molecular weight excluding hydrogens is 268 g/mol. The summed E-state index contributed by atoms with van der Waals surface area (Å²) >= 11 is 3.00. The van der Waals surface area contributed by atoms with Gasteiger partial charge in [0.2, 0.25) is 5.95 Å². The second-order valence-corrected chi connectivity index (χ2v) is 5.26. The summed E-state index contributed by atoms with van der Waals surface area (Å²) in [5.74, 6) is 0.640. The number of thiophene rings is 1. The summed E-state index contributed by atoms with van der Waals surface area (Å²) in [6.07, 6.45) is 3.18. The lowest BCUT2D eigenvalue weighted by Gasteiger charge is -2.04. The Balaban J connectivity index is 2.04. The zero-order valence-electron chi connectivity index (χ0n) is 9.58. The summed E-state index contributed by atoms with van der Waals surface area (Å²) in [7, 11) is 0. The number of hydrogen-bond acceptors (Lipinski definition) is 7. The number of fused-ring (bicyclic) bond motifs is 1. The van der Waals surface area contributed by atoms with E-state index in [2.05, 4.69) is 20.3 Å². The molecule has 0 aliphatic carbocycles. The molecule has 3 heterocycles. The van der Waals surface area contributed by atoms with Crippen molar-refractivity contribution in [1.82, 2.24) is 15.0 Å². The van der Waals surface area contributed by atoms with Crippen molar-refractivity contribution < 1.29 is 4.42 Å². The van der Waals surface area contributed by atoms with Gasteiger partial charge in [0, 0.05) is 11.9 Å². The molecule has 3 rings (SSSR count). The van der Waals surface area contributed by atoms with E-state index in [1.807, 2.05) is 18.4 Å². The number of nitrogens with one attached hydrogen (secondary N) is 1. The normalized spacial score (nSPS) is 10.9. The number of rotatable bonds is 4. The van der Waals surface area contributed by atoms with Crippen molar-refractivity contribution in [3.05, 3.63) is 23.9 Å². The quantitative estimate of drug-likeness (QED) is 0.739. The molecule has 0 aliphatic heterocycles. The van der Waals surface area contributed by atoms with Gasteiger partial charge in [-0.25, -0.2) is 15.0 Å². The molecule has 0 radical (unpaired) electrons. The van der Waals surface area contributed by atoms with Gasteiger partial charge < -0.3 is 9.73 Å². The topological polar surface area (TPSA) is 63.8 Å². The first-order valence-electron chi connectivity index (χ1n) is 5.43. The Morgan fingerprint density at radius 1 is 1.44 bits per heavy atom. The van der Waals surface area contributed by atoms with E-state index in [4.69, 9.17) is 4.42 Å². The van der Waals surface area contributed by atoms with Crippen LogP contribution in [0, 0.1) is 0 Å². The van der Waals surface area contributed by atoms with Gasteiger partial charge >= 0.3 is 0 Å². The maximum atomic E-state index is 5.24.